The van der Waals surface area contributed by atoms with Crippen molar-refractivity contribution in [3.05, 3.63) is 83.6 Å². The van der Waals surface area contributed by atoms with Gasteiger partial charge in [-0.15, -0.1) is 0 Å². The standard InChI is InChI=1S/C20H12ClNO3/c21-17-18(20(24)22(19(17)23)15-8-2-1-3-9-15)25-16-11-10-13-6-4-5-7-14(13)12-16/h1-12H. The van der Waals surface area contributed by atoms with E-state index >= 15 is 0 Å². The molecule has 1 aliphatic heterocycles. The highest BCUT2D eigenvalue weighted by molar-refractivity contribution is 6.52. The van der Waals surface area contributed by atoms with Crippen molar-refractivity contribution in [3.63, 3.8) is 0 Å². The highest BCUT2D eigenvalue weighted by Crippen LogP contribution is 2.31. The third-order valence-corrected chi connectivity index (χ3v) is 4.28. The molecular weight excluding hydrogens is 338 g/mol. The van der Waals surface area contributed by atoms with E-state index in [1.54, 1.807) is 42.5 Å². The van der Waals surface area contributed by atoms with Crippen LogP contribution in [0.3, 0.4) is 0 Å². The lowest BCUT2D eigenvalue weighted by Crippen LogP contribution is -2.31. The van der Waals surface area contributed by atoms with Gasteiger partial charge in [-0.05, 0) is 35.0 Å². The molecule has 2 amide bonds. The summed E-state index contributed by atoms with van der Waals surface area (Å²) < 4.78 is 5.67. The summed E-state index contributed by atoms with van der Waals surface area (Å²) in [6, 6.07) is 21.8. The third-order valence-electron chi connectivity index (χ3n) is 3.94. The van der Waals surface area contributed by atoms with Crippen molar-refractivity contribution in [2.24, 2.45) is 0 Å². The van der Waals surface area contributed by atoms with Gasteiger partial charge < -0.3 is 4.74 Å². The summed E-state index contributed by atoms with van der Waals surface area (Å²) >= 11 is 6.08. The van der Waals surface area contributed by atoms with Gasteiger partial charge in [0.15, 0.2) is 5.03 Å². The molecule has 1 heterocycles. The Balaban J connectivity index is 1.67. The van der Waals surface area contributed by atoms with Crippen molar-refractivity contribution >= 4 is 39.9 Å². The first-order valence-electron chi connectivity index (χ1n) is 7.65. The molecule has 4 rings (SSSR count). The molecule has 0 aliphatic carbocycles. The molecule has 0 saturated carbocycles. The monoisotopic (exact) mass is 349 g/mol. The highest BCUT2D eigenvalue weighted by atomic mass is 35.5. The van der Waals surface area contributed by atoms with Crippen molar-refractivity contribution < 1.29 is 14.3 Å². The number of para-hydroxylation sites is 1. The first-order chi connectivity index (χ1) is 12.1. The van der Waals surface area contributed by atoms with Crippen LogP contribution in [0, 0.1) is 0 Å². The summed E-state index contributed by atoms with van der Waals surface area (Å²) in [5.41, 5.74) is 0.452. The quantitative estimate of drug-likeness (QED) is 0.664. The third kappa shape index (κ3) is 2.66. The number of ether oxygens (including phenoxy) is 1. The van der Waals surface area contributed by atoms with Gasteiger partial charge in [0.2, 0.25) is 5.76 Å². The molecular formula is C20H12ClNO3. The number of hydrogen-bond donors (Lipinski definition) is 0. The zero-order valence-corrected chi connectivity index (χ0v) is 13.7. The van der Waals surface area contributed by atoms with Crippen molar-refractivity contribution in [3.8, 4) is 5.75 Å². The molecule has 0 unspecified atom stereocenters. The van der Waals surface area contributed by atoms with Gasteiger partial charge in [0, 0.05) is 0 Å². The Labute approximate surface area is 148 Å². The molecule has 25 heavy (non-hydrogen) atoms. The average Bonchev–Trinajstić information content (AvgIpc) is 2.86. The average molecular weight is 350 g/mol. The summed E-state index contributed by atoms with van der Waals surface area (Å²) in [6.45, 7) is 0. The number of rotatable bonds is 3. The lowest BCUT2D eigenvalue weighted by Gasteiger charge is -2.14. The van der Waals surface area contributed by atoms with Crippen LogP contribution >= 0.6 is 11.6 Å². The second kappa shape index (κ2) is 6.07. The van der Waals surface area contributed by atoms with E-state index in [0.29, 0.717) is 11.4 Å². The van der Waals surface area contributed by atoms with Gasteiger partial charge in [0.25, 0.3) is 5.91 Å². The van der Waals surface area contributed by atoms with Crippen molar-refractivity contribution in [1.29, 1.82) is 0 Å². The Morgan fingerprint density at radius 1 is 0.760 bits per heavy atom. The van der Waals surface area contributed by atoms with Gasteiger partial charge in [0.1, 0.15) is 5.75 Å². The molecule has 0 atom stereocenters. The summed E-state index contributed by atoms with van der Waals surface area (Å²) in [4.78, 5) is 26.0. The van der Waals surface area contributed by atoms with E-state index in [4.69, 9.17) is 16.3 Å². The van der Waals surface area contributed by atoms with Crippen LogP contribution in [0.15, 0.2) is 83.6 Å². The molecule has 0 N–H and O–H groups in total. The highest BCUT2D eigenvalue weighted by Gasteiger charge is 2.40. The molecule has 0 aromatic heterocycles. The summed E-state index contributed by atoms with van der Waals surface area (Å²) in [7, 11) is 0. The minimum absolute atomic E-state index is 0.161. The molecule has 4 nitrogen and oxygen atoms in total. The van der Waals surface area contributed by atoms with E-state index in [-0.39, 0.29) is 10.8 Å². The Kier molecular flexibility index (Phi) is 3.75. The summed E-state index contributed by atoms with van der Waals surface area (Å²) in [5.74, 6) is -0.878. The van der Waals surface area contributed by atoms with E-state index in [2.05, 4.69) is 0 Å². The normalized spacial score (nSPS) is 14.5. The fourth-order valence-corrected chi connectivity index (χ4v) is 2.94. The van der Waals surface area contributed by atoms with Crippen LogP contribution in [0.2, 0.25) is 0 Å². The van der Waals surface area contributed by atoms with E-state index in [1.165, 1.54) is 0 Å². The van der Waals surface area contributed by atoms with Gasteiger partial charge in [-0.2, -0.15) is 0 Å². The summed E-state index contributed by atoms with van der Waals surface area (Å²) in [6.07, 6.45) is 0. The van der Waals surface area contributed by atoms with Crippen LogP contribution in [0.4, 0.5) is 5.69 Å². The van der Waals surface area contributed by atoms with Gasteiger partial charge in [-0.25, -0.2) is 4.90 Å². The minimum Gasteiger partial charge on any atom is -0.450 e. The van der Waals surface area contributed by atoms with E-state index in [1.807, 2.05) is 30.3 Å². The smallest absolute Gasteiger partial charge is 0.302 e. The maximum Gasteiger partial charge on any atom is 0.302 e. The summed E-state index contributed by atoms with van der Waals surface area (Å²) in [5, 5.41) is 1.80. The van der Waals surface area contributed by atoms with Gasteiger partial charge in [-0.1, -0.05) is 60.1 Å². The molecule has 3 aromatic rings. The predicted molar refractivity (Wildman–Crippen MR) is 96.4 cm³/mol. The van der Waals surface area contributed by atoms with Crippen LogP contribution in [0.5, 0.6) is 5.75 Å². The number of fused-ring (bicyclic) bond motifs is 1. The topological polar surface area (TPSA) is 46.6 Å². The van der Waals surface area contributed by atoms with E-state index < -0.39 is 11.8 Å². The molecule has 3 aromatic carbocycles. The number of benzene rings is 3. The molecule has 122 valence electrons. The largest absolute Gasteiger partial charge is 0.450 e. The molecule has 0 radical (unpaired) electrons. The predicted octanol–water partition coefficient (Wildman–Crippen LogP) is 4.24. The molecule has 0 spiro atoms. The van der Waals surface area contributed by atoms with Crippen molar-refractivity contribution in [2.75, 3.05) is 4.90 Å². The Bertz CT molecular complexity index is 1030. The second-order valence-electron chi connectivity index (χ2n) is 5.54. The first-order valence-corrected chi connectivity index (χ1v) is 8.03. The minimum atomic E-state index is -0.589. The van der Waals surface area contributed by atoms with Crippen LogP contribution in [0.1, 0.15) is 0 Å². The molecule has 0 fully saturated rings. The van der Waals surface area contributed by atoms with Crippen molar-refractivity contribution in [2.45, 2.75) is 0 Å². The molecule has 0 bridgehead atoms. The lowest BCUT2D eigenvalue weighted by atomic mass is 10.1. The van der Waals surface area contributed by atoms with Crippen LogP contribution < -0.4 is 9.64 Å². The van der Waals surface area contributed by atoms with Crippen LogP contribution in [-0.2, 0) is 9.59 Å². The number of imide groups is 1. The molecule has 5 heteroatoms. The van der Waals surface area contributed by atoms with Crippen LogP contribution in [0.25, 0.3) is 10.8 Å². The zero-order chi connectivity index (χ0) is 17.4. The number of hydrogen-bond acceptors (Lipinski definition) is 3. The second-order valence-corrected chi connectivity index (χ2v) is 5.91. The SMILES string of the molecule is O=C1C(Cl)=C(Oc2ccc3ccccc3c2)C(=O)N1c1ccccc1. The van der Waals surface area contributed by atoms with Gasteiger partial charge in [-0.3, -0.25) is 9.59 Å². The maximum atomic E-state index is 12.6. The first kappa shape index (κ1) is 15.4. The van der Waals surface area contributed by atoms with E-state index in [9.17, 15) is 9.59 Å². The lowest BCUT2D eigenvalue weighted by molar-refractivity contribution is -0.121. The Morgan fingerprint density at radius 2 is 1.44 bits per heavy atom. The number of amides is 2. The van der Waals surface area contributed by atoms with Crippen molar-refractivity contribution in [1.82, 2.24) is 0 Å². The Morgan fingerprint density at radius 3 is 2.20 bits per heavy atom. The maximum absolute atomic E-state index is 12.6. The molecule has 0 saturated heterocycles. The molecule has 1 aliphatic rings. The zero-order valence-electron chi connectivity index (χ0n) is 13.0. The van der Waals surface area contributed by atoms with Crippen LogP contribution in [-0.4, -0.2) is 11.8 Å². The number of anilines is 1. The van der Waals surface area contributed by atoms with E-state index in [0.717, 1.165) is 15.7 Å². The van der Waals surface area contributed by atoms with Gasteiger partial charge in [0.05, 0.1) is 5.69 Å². The van der Waals surface area contributed by atoms with Gasteiger partial charge >= 0.3 is 5.91 Å². The number of halogens is 1. The Hall–Kier alpha value is -3.11. The number of nitrogens with zero attached hydrogens (tertiary/aromatic N) is 1. The number of carbonyl (C=O) groups is 2. The fraction of sp³-hybridized carbons (Fsp3) is 0. The fourth-order valence-electron chi connectivity index (χ4n) is 2.73. The number of carbonyl (C=O) groups excluding carboxylic acids is 2.